The zero-order valence-electron chi connectivity index (χ0n) is 12.3. The molecule has 0 aromatic heterocycles. The van der Waals surface area contributed by atoms with E-state index in [1.807, 2.05) is 0 Å². The fourth-order valence-electron chi connectivity index (χ4n) is 2.48. The third-order valence-corrected chi connectivity index (χ3v) is 5.83. The second kappa shape index (κ2) is 7.08. The Balaban J connectivity index is 2.12. The van der Waals surface area contributed by atoms with Crippen LogP contribution in [0, 0.1) is 0 Å². The Labute approximate surface area is 139 Å². The van der Waals surface area contributed by atoms with Gasteiger partial charge < -0.3 is 11.1 Å². The van der Waals surface area contributed by atoms with Crippen molar-refractivity contribution >= 4 is 37.5 Å². The Hall–Kier alpha value is -0.960. The van der Waals surface area contributed by atoms with Crippen LogP contribution in [0.15, 0.2) is 27.6 Å². The molecule has 0 spiro atoms. The summed E-state index contributed by atoms with van der Waals surface area (Å²) in [4.78, 5) is 11.2. The van der Waals surface area contributed by atoms with Crippen molar-refractivity contribution < 1.29 is 13.2 Å². The van der Waals surface area contributed by atoms with Gasteiger partial charge in [0.1, 0.15) is 0 Å². The van der Waals surface area contributed by atoms with Crippen LogP contribution in [0.1, 0.15) is 32.6 Å². The van der Waals surface area contributed by atoms with Gasteiger partial charge in [-0.15, -0.1) is 0 Å². The average Bonchev–Trinajstić information content (AvgIpc) is 2.43. The van der Waals surface area contributed by atoms with Crippen molar-refractivity contribution in [3.8, 4) is 0 Å². The number of carbonyl (C=O) groups excluding carboxylic acids is 1. The third-order valence-electron chi connectivity index (χ3n) is 3.66. The first kappa shape index (κ1) is 17.4. The van der Waals surface area contributed by atoms with Crippen molar-refractivity contribution in [3.63, 3.8) is 0 Å². The van der Waals surface area contributed by atoms with Crippen LogP contribution >= 0.6 is 15.9 Å². The Kier molecular flexibility index (Phi) is 5.60. The normalized spacial score (nSPS) is 22.3. The van der Waals surface area contributed by atoms with Gasteiger partial charge in [0, 0.05) is 23.5 Å². The molecule has 1 fully saturated rings. The molecule has 0 bridgehead atoms. The molecule has 1 aromatic rings. The highest BCUT2D eigenvalue weighted by molar-refractivity contribution is 9.10. The number of rotatable bonds is 4. The number of nitrogens with two attached hydrogens (primary N) is 1. The van der Waals surface area contributed by atoms with E-state index < -0.39 is 10.0 Å². The molecule has 1 aliphatic rings. The Morgan fingerprint density at radius 3 is 2.45 bits per heavy atom. The summed E-state index contributed by atoms with van der Waals surface area (Å²) in [5.41, 5.74) is 6.37. The quantitative estimate of drug-likeness (QED) is 0.732. The van der Waals surface area contributed by atoms with Gasteiger partial charge in [-0.05, 0) is 59.8 Å². The van der Waals surface area contributed by atoms with Crippen LogP contribution < -0.4 is 15.8 Å². The first-order valence-corrected chi connectivity index (χ1v) is 9.40. The first-order valence-electron chi connectivity index (χ1n) is 7.13. The molecule has 8 heteroatoms. The number of hydrogen-bond donors (Lipinski definition) is 3. The summed E-state index contributed by atoms with van der Waals surface area (Å²) in [5.74, 6) is -0.215. The number of carbonyl (C=O) groups is 1. The Morgan fingerprint density at radius 2 is 1.91 bits per heavy atom. The molecule has 0 heterocycles. The number of hydrogen-bond acceptors (Lipinski definition) is 4. The van der Waals surface area contributed by atoms with E-state index >= 15 is 0 Å². The smallest absolute Gasteiger partial charge is 0.240 e. The molecule has 1 saturated carbocycles. The van der Waals surface area contributed by atoms with Gasteiger partial charge in [0.05, 0.1) is 10.6 Å². The van der Waals surface area contributed by atoms with Gasteiger partial charge in [-0.1, -0.05) is 0 Å². The molecular weight excluding hydrogens is 370 g/mol. The highest BCUT2D eigenvalue weighted by Gasteiger charge is 2.24. The second-order valence-corrected chi connectivity index (χ2v) is 8.12. The minimum absolute atomic E-state index is 0.0707. The van der Waals surface area contributed by atoms with Crippen LogP contribution in [0.3, 0.4) is 0 Å². The van der Waals surface area contributed by atoms with Crippen molar-refractivity contribution in [3.05, 3.63) is 22.7 Å². The van der Waals surface area contributed by atoms with Gasteiger partial charge in [0.25, 0.3) is 0 Å². The highest BCUT2D eigenvalue weighted by atomic mass is 79.9. The Bertz CT molecular complexity index is 655. The predicted molar refractivity (Wildman–Crippen MR) is 89.0 cm³/mol. The molecule has 22 heavy (non-hydrogen) atoms. The zero-order chi connectivity index (χ0) is 16.3. The molecule has 6 nitrogen and oxygen atoms in total. The molecule has 1 aromatic carbocycles. The van der Waals surface area contributed by atoms with E-state index in [-0.39, 0.29) is 22.9 Å². The van der Waals surface area contributed by atoms with Crippen LogP contribution in [-0.2, 0) is 14.8 Å². The van der Waals surface area contributed by atoms with E-state index in [0.717, 1.165) is 25.7 Å². The van der Waals surface area contributed by atoms with Crippen molar-refractivity contribution in [2.45, 2.75) is 49.6 Å². The number of halogens is 1. The van der Waals surface area contributed by atoms with Crippen molar-refractivity contribution in [1.82, 2.24) is 4.72 Å². The van der Waals surface area contributed by atoms with E-state index in [2.05, 4.69) is 26.0 Å². The molecule has 122 valence electrons. The number of sulfonamides is 1. The van der Waals surface area contributed by atoms with Crippen LogP contribution in [0.4, 0.5) is 5.69 Å². The second-order valence-electron chi connectivity index (χ2n) is 5.56. The van der Waals surface area contributed by atoms with Gasteiger partial charge in [-0.3, -0.25) is 4.79 Å². The molecular formula is C14H20BrN3O3S. The van der Waals surface area contributed by atoms with Crippen LogP contribution in [-0.4, -0.2) is 26.4 Å². The summed E-state index contributed by atoms with van der Waals surface area (Å²) in [6.45, 7) is 1.40. The molecule has 0 radical (unpaired) electrons. The SMILES string of the molecule is CC(=O)Nc1ccc(S(=O)(=O)NC2CCC(N)CC2)cc1Br. The van der Waals surface area contributed by atoms with E-state index in [9.17, 15) is 13.2 Å². The molecule has 0 saturated heterocycles. The van der Waals surface area contributed by atoms with E-state index in [4.69, 9.17) is 5.73 Å². The highest BCUT2D eigenvalue weighted by Crippen LogP contribution is 2.26. The molecule has 1 amide bonds. The van der Waals surface area contributed by atoms with Gasteiger partial charge in [-0.25, -0.2) is 13.1 Å². The van der Waals surface area contributed by atoms with E-state index in [1.165, 1.54) is 19.1 Å². The van der Waals surface area contributed by atoms with Gasteiger partial charge in [0.15, 0.2) is 0 Å². The van der Waals surface area contributed by atoms with Crippen molar-refractivity contribution in [2.24, 2.45) is 5.73 Å². The lowest BCUT2D eigenvalue weighted by molar-refractivity contribution is -0.114. The topological polar surface area (TPSA) is 101 Å². The van der Waals surface area contributed by atoms with E-state index in [0.29, 0.717) is 10.2 Å². The monoisotopic (exact) mass is 389 g/mol. The maximum atomic E-state index is 12.4. The standard InChI is InChI=1S/C14H20BrN3O3S/c1-9(19)17-14-7-6-12(8-13(14)15)22(20,21)18-11-4-2-10(16)3-5-11/h6-8,10-11,18H,2-5,16H2,1H3,(H,17,19). The average molecular weight is 390 g/mol. The summed E-state index contributed by atoms with van der Waals surface area (Å²) < 4.78 is 28.1. The summed E-state index contributed by atoms with van der Waals surface area (Å²) in [5, 5.41) is 2.62. The lowest BCUT2D eigenvalue weighted by Crippen LogP contribution is -2.40. The van der Waals surface area contributed by atoms with Crippen LogP contribution in [0.25, 0.3) is 0 Å². The number of benzene rings is 1. The fourth-order valence-corrected chi connectivity index (χ4v) is 4.44. The van der Waals surface area contributed by atoms with Crippen molar-refractivity contribution in [2.75, 3.05) is 5.32 Å². The predicted octanol–water partition coefficient (Wildman–Crippen LogP) is 1.96. The minimum Gasteiger partial charge on any atom is -0.328 e. The molecule has 0 unspecified atom stereocenters. The fraction of sp³-hybridized carbons (Fsp3) is 0.500. The van der Waals surface area contributed by atoms with Gasteiger partial charge in [0.2, 0.25) is 15.9 Å². The molecule has 4 N–H and O–H groups in total. The summed E-state index contributed by atoms with van der Waals surface area (Å²) in [7, 11) is -3.58. The van der Waals surface area contributed by atoms with Crippen LogP contribution in [0.2, 0.25) is 0 Å². The molecule has 0 atom stereocenters. The molecule has 0 aliphatic heterocycles. The zero-order valence-corrected chi connectivity index (χ0v) is 14.7. The van der Waals surface area contributed by atoms with Gasteiger partial charge >= 0.3 is 0 Å². The maximum absolute atomic E-state index is 12.4. The largest absolute Gasteiger partial charge is 0.328 e. The lowest BCUT2D eigenvalue weighted by atomic mass is 9.93. The van der Waals surface area contributed by atoms with Gasteiger partial charge in [-0.2, -0.15) is 0 Å². The third kappa shape index (κ3) is 4.52. The first-order chi connectivity index (χ1) is 10.3. The van der Waals surface area contributed by atoms with E-state index in [1.54, 1.807) is 6.07 Å². The summed E-state index contributed by atoms with van der Waals surface area (Å²) in [6, 6.07) is 4.64. The summed E-state index contributed by atoms with van der Waals surface area (Å²) >= 11 is 3.28. The number of nitrogens with one attached hydrogen (secondary N) is 2. The maximum Gasteiger partial charge on any atom is 0.240 e. The van der Waals surface area contributed by atoms with Crippen molar-refractivity contribution in [1.29, 1.82) is 0 Å². The number of anilines is 1. The molecule has 2 rings (SSSR count). The lowest BCUT2D eigenvalue weighted by Gasteiger charge is -2.26. The minimum atomic E-state index is -3.58. The summed E-state index contributed by atoms with van der Waals surface area (Å²) in [6.07, 6.45) is 3.17. The Morgan fingerprint density at radius 1 is 1.27 bits per heavy atom. The number of amides is 1. The molecule has 1 aliphatic carbocycles. The van der Waals surface area contributed by atoms with Crippen LogP contribution in [0.5, 0.6) is 0 Å².